The summed E-state index contributed by atoms with van der Waals surface area (Å²) in [6.45, 7) is -1.81. The number of hydrogen-bond acceptors (Lipinski definition) is 10. The fraction of sp³-hybridized carbons (Fsp3) is 0.367. The Morgan fingerprint density at radius 2 is 1.58 bits per heavy atom. The lowest BCUT2D eigenvalue weighted by atomic mass is 10.1. The topological polar surface area (TPSA) is 197 Å². The standard InChI is InChI=1S/C30H30ClF3N8O6/c31-19-7-5-18(6-8-19)29(11-12-29)42-27-39-26(40-28(41-27)48-15-30(32,33)34)37-20-9-3-17(4-10-20)22(43)38-21(25(46)47)14-36-24(45)23(44)35-13-16-1-2-16/h3-10,16,21H,1-2,11-15H2,(H,35,44)(H,36,45)(H,38,43)(H,46,47)(H2,37,39,40,41,42)/t21-/m0/s1. The van der Waals surface area contributed by atoms with Gasteiger partial charge in [0.15, 0.2) is 6.61 Å². The molecule has 0 saturated heterocycles. The van der Waals surface area contributed by atoms with E-state index in [4.69, 9.17) is 16.3 Å². The fourth-order valence-electron chi connectivity index (χ4n) is 4.46. The highest BCUT2D eigenvalue weighted by atomic mass is 35.5. The number of benzene rings is 2. The fourth-order valence-corrected chi connectivity index (χ4v) is 4.59. The third-order valence-electron chi connectivity index (χ3n) is 7.41. The normalized spacial score (nSPS) is 15.4. The smallest absolute Gasteiger partial charge is 0.422 e. The Hall–Kier alpha value is -5.19. The van der Waals surface area contributed by atoms with Gasteiger partial charge in [-0.25, -0.2) is 4.79 Å². The highest BCUT2D eigenvalue weighted by molar-refractivity contribution is 6.35. The molecule has 0 spiro atoms. The third kappa shape index (κ3) is 9.66. The van der Waals surface area contributed by atoms with E-state index in [2.05, 4.69) is 41.5 Å². The van der Waals surface area contributed by atoms with Crippen molar-refractivity contribution >= 4 is 52.9 Å². The lowest BCUT2D eigenvalue weighted by Crippen LogP contribution is -2.51. The number of alkyl halides is 3. The zero-order chi connectivity index (χ0) is 34.5. The highest BCUT2D eigenvalue weighted by Gasteiger charge is 2.45. The number of nitrogens with zero attached hydrogens (tertiary/aromatic N) is 3. The molecule has 3 amide bonds. The van der Waals surface area contributed by atoms with Gasteiger partial charge >= 0.3 is 30.0 Å². The molecular formula is C30H30ClF3N8O6. The van der Waals surface area contributed by atoms with Crippen molar-refractivity contribution in [3.05, 3.63) is 64.7 Å². The van der Waals surface area contributed by atoms with Crippen molar-refractivity contribution in [2.24, 2.45) is 5.92 Å². The number of carbonyl (C=O) groups excluding carboxylic acids is 3. The van der Waals surface area contributed by atoms with Crippen molar-refractivity contribution in [2.45, 2.75) is 43.4 Å². The van der Waals surface area contributed by atoms with Crippen molar-refractivity contribution in [3.8, 4) is 6.01 Å². The zero-order valence-electron chi connectivity index (χ0n) is 25.1. The van der Waals surface area contributed by atoms with Crippen LogP contribution in [-0.4, -0.2) is 75.7 Å². The monoisotopic (exact) mass is 690 g/mol. The Kier molecular flexibility index (Phi) is 10.2. The van der Waals surface area contributed by atoms with E-state index in [9.17, 15) is 37.5 Å². The Morgan fingerprint density at radius 3 is 2.19 bits per heavy atom. The quantitative estimate of drug-likeness (QED) is 0.136. The lowest BCUT2D eigenvalue weighted by Gasteiger charge is -2.19. The molecule has 0 bridgehead atoms. The Labute approximate surface area is 276 Å². The Balaban J connectivity index is 1.23. The molecule has 0 radical (unpaired) electrons. The van der Waals surface area contributed by atoms with Gasteiger partial charge in [-0.15, -0.1) is 0 Å². The van der Waals surface area contributed by atoms with Crippen LogP contribution in [0, 0.1) is 5.92 Å². The van der Waals surface area contributed by atoms with Crippen molar-refractivity contribution in [3.63, 3.8) is 0 Å². The average molecular weight is 691 g/mol. The molecule has 3 aromatic rings. The van der Waals surface area contributed by atoms with Crippen LogP contribution in [0.1, 0.15) is 41.6 Å². The molecule has 48 heavy (non-hydrogen) atoms. The number of carbonyl (C=O) groups is 4. The summed E-state index contributed by atoms with van der Waals surface area (Å²) < 4.78 is 43.4. The van der Waals surface area contributed by atoms with Gasteiger partial charge < -0.3 is 36.4 Å². The van der Waals surface area contributed by atoms with Crippen molar-refractivity contribution in [1.82, 2.24) is 30.9 Å². The van der Waals surface area contributed by atoms with Crippen molar-refractivity contribution in [1.29, 1.82) is 0 Å². The molecule has 2 aliphatic carbocycles. The summed E-state index contributed by atoms with van der Waals surface area (Å²) in [6.07, 6.45) is -1.29. The molecule has 6 N–H and O–H groups in total. The minimum absolute atomic E-state index is 0.0414. The summed E-state index contributed by atoms with van der Waals surface area (Å²) in [5, 5.41) is 23.0. The molecule has 5 rings (SSSR count). The van der Waals surface area contributed by atoms with Gasteiger partial charge in [-0.3, -0.25) is 14.4 Å². The molecular weight excluding hydrogens is 661 g/mol. The van der Waals surface area contributed by atoms with E-state index in [0.29, 0.717) is 36.0 Å². The first-order valence-electron chi connectivity index (χ1n) is 14.8. The first-order chi connectivity index (χ1) is 22.8. The molecule has 0 aliphatic heterocycles. The number of amides is 3. The number of aromatic nitrogens is 3. The highest BCUT2D eigenvalue weighted by Crippen LogP contribution is 2.48. The summed E-state index contributed by atoms with van der Waals surface area (Å²) in [4.78, 5) is 60.6. The van der Waals surface area contributed by atoms with Gasteiger partial charge in [0.05, 0.1) is 5.54 Å². The van der Waals surface area contributed by atoms with Gasteiger partial charge in [0.2, 0.25) is 11.9 Å². The van der Waals surface area contributed by atoms with Crippen molar-refractivity contribution in [2.75, 3.05) is 30.3 Å². The van der Waals surface area contributed by atoms with E-state index in [0.717, 1.165) is 18.4 Å². The SMILES string of the molecule is O=C(NCC1CC1)C(=O)NC[C@H](NC(=O)c1ccc(Nc2nc(NC3(c4ccc(Cl)cc4)CC3)nc(OCC(F)(F)F)n2)cc1)C(=O)O. The predicted octanol–water partition coefficient (Wildman–Crippen LogP) is 3.14. The Bertz CT molecular complexity index is 1670. The molecule has 1 atom stereocenters. The summed E-state index contributed by atoms with van der Waals surface area (Å²) in [6, 6.07) is 10.5. The van der Waals surface area contributed by atoms with E-state index in [1.54, 1.807) is 12.1 Å². The maximum Gasteiger partial charge on any atom is 0.422 e. The van der Waals surface area contributed by atoms with Crippen LogP contribution in [0.5, 0.6) is 6.01 Å². The number of nitrogens with one attached hydrogen (secondary N) is 5. The van der Waals surface area contributed by atoms with Crippen LogP contribution in [-0.2, 0) is 19.9 Å². The van der Waals surface area contributed by atoms with E-state index in [-0.39, 0.29) is 17.5 Å². The predicted molar refractivity (Wildman–Crippen MR) is 165 cm³/mol. The molecule has 2 aromatic carbocycles. The van der Waals surface area contributed by atoms with E-state index in [1.165, 1.54) is 24.3 Å². The molecule has 14 nitrogen and oxygen atoms in total. The molecule has 18 heteroatoms. The minimum atomic E-state index is -4.64. The maximum absolute atomic E-state index is 12.9. The Morgan fingerprint density at radius 1 is 0.938 bits per heavy atom. The van der Waals surface area contributed by atoms with Gasteiger partial charge in [0.1, 0.15) is 6.04 Å². The molecule has 2 fully saturated rings. The second-order valence-corrected chi connectivity index (χ2v) is 11.7. The second-order valence-electron chi connectivity index (χ2n) is 11.3. The van der Waals surface area contributed by atoms with Gasteiger partial charge in [-0.05, 0) is 73.6 Å². The van der Waals surface area contributed by atoms with E-state index < -0.39 is 60.6 Å². The van der Waals surface area contributed by atoms with Crippen molar-refractivity contribution < 1.29 is 42.2 Å². The molecule has 2 aliphatic rings. The first-order valence-corrected chi connectivity index (χ1v) is 15.1. The van der Waals surface area contributed by atoms with E-state index >= 15 is 0 Å². The first kappa shape index (κ1) is 34.2. The average Bonchev–Trinajstić information content (AvgIpc) is 3.98. The zero-order valence-corrected chi connectivity index (χ0v) is 25.8. The summed E-state index contributed by atoms with van der Waals surface area (Å²) in [7, 11) is 0. The number of aliphatic carboxylic acids is 1. The molecule has 2 saturated carbocycles. The number of carboxylic acid groups (broad SMARTS) is 1. The van der Waals surface area contributed by atoms with Gasteiger partial charge in [0.25, 0.3) is 5.91 Å². The lowest BCUT2D eigenvalue weighted by molar-refractivity contribution is -0.154. The van der Waals surface area contributed by atoms with Crippen LogP contribution in [0.15, 0.2) is 48.5 Å². The molecule has 0 unspecified atom stereocenters. The minimum Gasteiger partial charge on any atom is -0.480 e. The van der Waals surface area contributed by atoms with Crippen LogP contribution in [0.4, 0.5) is 30.8 Å². The van der Waals surface area contributed by atoms with Crippen LogP contribution in [0.3, 0.4) is 0 Å². The van der Waals surface area contributed by atoms with Gasteiger partial charge in [0, 0.05) is 29.4 Å². The summed E-state index contributed by atoms with van der Waals surface area (Å²) in [5.41, 5.74) is 0.698. The number of rotatable bonds is 14. The van der Waals surface area contributed by atoms with Gasteiger partial charge in [-0.1, -0.05) is 23.7 Å². The summed E-state index contributed by atoms with van der Waals surface area (Å²) in [5.74, 6) is -3.99. The van der Waals surface area contributed by atoms with Gasteiger partial charge in [-0.2, -0.15) is 28.1 Å². The largest absolute Gasteiger partial charge is 0.480 e. The number of halogens is 4. The van der Waals surface area contributed by atoms with Crippen LogP contribution >= 0.6 is 11.6 Å². The number of anilines is 3. The molecule has 254 valence electrons. The maximum atomic E-state index is 12.9. The second kappa shape index (κ2) is 14.3. The van der Waals surface area contributed by atoms with E-state index in [1.807, 2.05) is 12.1 Å². The van der Waals surface area contributed by atoms with Crippen LogP contribution in [0.2, 0.25) is 5.02 Å². The molecule has 1 heterocycles. The number of hydrogen-bond donors (Lipinski definition) is 6. The summed E-state index contributed by atoms with van der Waals surface area (Å²) >= 11 is 6.00. The third-order valence-corrected chi connectivity index (χ3v) is 7.66. The van der Waals surface area contributed by atoms with Crippen LogP contribution < -0.4 is 31.3 Å². The molecule has 1 aromatic heterocycles. The number of carboxylic acids is 1. The number of ether oxygens (including phenoxy) is 1. The van der Waals surface area contributed by atoms with Crippen LogP contribution in [0.25, 0.3) is 0 Å².